The number of methoxy groups -OCH3 is 1. The van der Waals surface area contributed by atoms with Crippen LogP contribution in [0.5, 0.6) is 0 Å². The summed E-state index contributed by atoms with van der Waals surface area (Å²) in [6.45, 7) is 2.91. The molecule has 0 spiro atoms. The van der Waals surface area contributed by atoms with Gasteiger partial charge in [-0.05, 0) is 30.2 Å². The van der Waals surface area contributed by atoms with Gasteiger partial charge in [0.1, 0.15) is 0 Å². The van der Waals surface area contributed by atoms with Crippen molar-refractivity contribution in [3.8, 4) is 0 Å². The van der Waals surface area contributed by atoms with E-state index in [1.165, 1.54) is 4.90 Å². The van der Waals surface area contributed by atoms with Crippen LogP contribution < -0.4 is 0 Å². The minimum absolute atomic E-state index is 0.120. The second-order valence-electron chi connectivity index (χ2n) is 3.09. The standard InChI is InChI=1S/C11H16O2S/c1-9-7-11(14-6-5-13-2)4-3-10(9)8-12/h3-4,7,12H,5-6,8H2,1-2H3. The fourth-order valence-electron chi connectivity index (χ4n) is 1.18. The highest BCUT2D eigenvalue weighted by Gasteiger charge is 1.99. The predicted octanol–water partition coefficient (Wildman–Crippen LogP) is 2.23. The number of thioether (sulfide) groups is 1. The molecule has 0 amide bonds. The second kappa shape index (κ2) is 6.06. The van der Waals surface area contributed by atoms with Crippen molar-refractivity contribution >= 4 is 11.8 Å². The molecular formula is C11H16O2S. The maximum absolute atomic E-state index is 9.00. The van der Waals surface area contributed by atoms with Crippen LogP contribution in [0, 0.1) is 6.92 Å². The molecule has 14 heavy (non-hydrogen) atoms. The molecule has 0 aliphatic rings. The number of aliphatic hydroxyl groups is 1. The van der Waals surface area contributed by atoms with Gasteiger partial charge in [0.05, 0.1) is 13.2 Å². The molecule has 0 aromatic heterocycles. The van der Waals surface area contributed by atoms with E-state index in [0.717, 1.165) is 23.5 Å². The summed E-state index contributed by atoms with van der Waals surface area (Å²) in [7, 11) is 1.71. The van der Waals surface area contributed by atoms with Gasteiger partial charge in [0.2, 0.25) is 0 Å². The third-order valence-electron chi connectivity index (χ3n) is 2.04. The molecule has 0 saturated heterocycles. The Morgan fingerprint density at radius 1 is 1.43 bits per heavy atom. The van der Waals surface area contributed by atoms with E-state index in [0.29, 0.717) is 0 Å². The van der Waals surface area contributed by atoms with E-state index < -0.39 is 0 Å². The number of benzene rings is 1. The molecule has 0 aliphatic carbocycles. The lowest BCUT2D eigenvalue weighted by Crippen LogP contribution is -1.92. The smallest absolute Gasteiger partial charge is 0.0684 e. The Kier molecular flexibility index (Phi) is 5.01. The van der Waals surface area contributed by atoms with Crippen LogP contribution >= 0.6 is 11.8 Å². The number of aliphatic hydroxyl groups excluding tert-OH is 1. The van der Waals surface area contributed by atoms with Crippen molar-refractivity contribution in [1.29, 1.82) is 0 Å². The summed E-state index contributed by atoms with van der Waals surface area (Å²) in [6, 6.07) is 6.12. The van der Waals surface area contributed by atoms with Crippen LogP contribution in [0.15, 0.2) is 23.1 Å². The number of hydrogen-bond donors (Lipinski definition) is 1. The zero-order valence-corrected chi connectivity index (χ0v) is 9.43. The lowest BCUT2D eigenvalue weighted by molar-refractivity contribution is 0.218. The van der Waals surface area contributed by atoms with E-state index in [-0.39, 0.29) is 6.61 Å². The quantitative estimate of drug-likeness (QED) is 0.599. The predicted molar refractivity (Wildman–Crippen MR) is 59.7 cm³/mol. The lowest BCUT2D eigenvalue weighted by atomic mass is 10.1. The number of rotatable bonds is 5. The summed E-state index contributed by atoms with van der Waals surface area (Å²) >= 11 is 1.77. The van der Waals surface area contributed by atoms with Crippen molar-refractivity contribution in [2.75, 3.05) is 19.5 Å². The maximum atomic E-state index is 9.00. The van der Waals surface area contributed by atoms with Crippen molar-refractivity contribution < 1.29 is 9.84 Å². The van der Waals surface area contributed by atoms with Gasteiger partial charge < -0.3 is 9.84 Å². The average Bonchev–Trinajstić information content (AvgIpc) is 2.18. The topological polar surface area (TPSA) is 29.5 Å². The van der Waals surface area contributed by atoms with E-state index in [9.17, 15) is 0 Å². The number of aryl methyl sites for hydroxylation is 1. The fourth-order valence-corrected chi connectivity index (χ4v) is 2.09. The molecule has 0 atom stereocenters. The first-order valence-corrected chi connectivity index (χ1v) is 5.58. The summed E-state index contributed by atoms with van der Waals surface area (Å²) in [6.07, 6.45) is 0. The minimum atomic E-state index is 0.120. The zero-order chi connectivity index (χ0) is 10.4. The third-order valence-corrected chi connectivity index (χ3v) is 3.00. The van der Waals surface area contributed by atoms with Crippen LogP contribution in [0.2, 0.25) is 0 Å². The van der Waals surface area contributed by atoms with Crippen molar-refractivity contribution in [3.63, 3.8) is 0 Å². The molecular weight excluding hydrogens is 196 g/mol. The molecule has 0 saturated carbocycles. The highest BCUT2D eigenvalue weighted by atomic mass is 32.2. The Hall–Kier alpha value is -0.510. The molecule has 2 nitrogen and oxygen atoms in total. The van der Waals surface area contributed by atoms with Crippen molar-refractivity contribution in [2.45, 2.75) is 18.4 Å². The molecule has 0 fully saturated rings. The first kappa shape index (κ1) is 11.6. The zero-order valence-electron chi connectivity index (χ0n) is 8.62. The minimum Gasteiger partial charge on any atom is -0.392 e. The third kappa shape index (κ3) is 3.33. The molecule has 1 aromatic carbocycles. The number of ether oxygens (including phenoxy) is 1. The van der Waals surface area contributed by atoms with E-state index in [1.807, 2.05) is 19.1 Å². The van der Waals surface area contributed by atoms with Crippen molar-refractivity contribution in [3.05, 3.63) is 29.3 Å². The summed E-state index contributed by atoms with van der Waals surface area (Å²) in [5, 5.41) is 9.00. The highest BCUT2D eigenvalue weighted by molar-refractivity contribution is 7.99. The van der Waals surface area contributed by atoms with Crippen LogP contribution in [0.1, 0.15) is 11.1 Å². The molecule has 0 unspecified atom stereocenters. The molecule has 1 aromatic rings. The first-order chi connectivity index (χ1) is 6.77. The van der Waals surface area contributed by atoms with Crippen LogP contribution in [-0.2, 0) is 11.3 Å². The van der Waals surface area contributed by atoms with Gasteiger partial charge in [0.25, 0.3) is 0 Å². The van der Waals surface area contributed by atoms with Crippen molar-refractivity contribution in [1.82, 2.24) is 0 Å². The maximum Gasteiger partial charge on any atom is 0.0684 e. The first-order valence-electron chi connectivity index (χ1n) is 4.60. The Labute approximate surface area is 89.3 Å². The van der Waals surface area contributed by atoms with Gasteiger partial charge in [-0.2, -0.15) is 0 Å². The second-order valence-corrected chi connectivity index (χ2v) is 4.26. The van der Waals surface area contributed by atoms with Gasteiger partial charge in [-0.15, -0.1) is 11.8 Å². The highest BCUT2D eigenvalue weighted by Crippen LogP contribution is 2.21. The SMILES string of the molecule is COCCSc1ccc(CO)c(C)c1. The van der Waals surface area contributed by atoms with Crippen molar-refractivity contribution in [2.24, 2.45) is 0 Å². The van der Waals surface area contributed by atoms with Crippen LogP contribution in [-0.4, -0.2) is 24.6 Å². The average molecular weight is 212 g/mol. The van der Waals surface area contributed by atoms with Gasteiger partial charge in [0, 0.05) is 17.8 Å². The van der Waals surface area contributed by atoms with E-state index in [1.54, 1.807) is 18.9 Å². The molecule has 0 radical (unpaired) electrons. The number of hydrogen-bond acceptors (Lipinski definition) is 3. The fraction of sp³-hybridized carbons (Fsp3) is 0.455. The largest absolute Gasteiger partial charge is 0.392 e. The molecule has 0 bridgehead atoms. The molecule has 1 rings (SSSR count). The normalized spacial score (nSPS) is 10.5. The van der Waals surface area contributed by atoms with Gasteiger partial charge in [-0.3, -0.25) is 0 Å². The molecule has 1 N–H and O–H groups in total. The summed E-state index contributed by atoms with van der Waals surface area (Å²) < 4.78 is 4.98. The van der Waals surface area contributed by atoms with Crippen LogP contribution in [0.3, 0.4) is 0 Å². The monoisotopic (exact) mass is 212 g/mol. The van der Waals surface area contributed by atoms with Gasteiger partial charge in [-0.1, -0.05) is 6.07 Å². The van der Waals surface area contributed by atoms with E-state index in [4.69, 9.17) is 9.84 Å². The van der Waals surface area contributed by atoms with Crippen LogP contribution in [0.25, 0.3) is 0 Å². The molecule has 0 aliphatic heterocycles. The van der Waals surface area contributed by atoms with Gasteiger partial charge in [0.15, 0.2) is 0 Å². The lowest BCUT2D eigenvalue weighted by Gasteiger charge is -2.05. The Bertz CT molecular complexity index is 287. The van der Waals surface area contributed by atoms with E-state index >= 15 is 0 Å². The van der Waals surface area contributed by atoms with Gasteiger partial charge >= 0.3 is 0 Å². The summed E-state index contributed by atoms with van der Waals surface area (Å²) in [5.41, 5.74) is 2.15. The Balaban J connectivity index is 2.57. The Morgan fingerprint density at radius 2 is 2.21 bits per heavy atom. The Morgan fingerprint density at radius 3 is 2.79 bits per heavy atom. The summed E-state index contributed by atoms with van der Waals surface area (Å²) in [5.74, 6) is 0.967. The molecule has 0 heterocycles. The van der Waals surface area contributed by atoms with Crippen LogP contribution in [0.4, 0.5) is 0 Å². The van der Waals surface area contributed by atoms with Gasteiger partial charge in [-0.25, -0.2) is 0 Å². The van der Waals surface area contributed by atoms with E-state index in [2.05, 4.69) is 6.07 Å². The molecule has 3 heteroatoms. The summed E-state index contributed by atoms with van der Waals surface area (Å²) in [4.78, 5) is 1.23. The molecule has 78 valence electrons.